The molecule has 0 fully saturated rings. The highest BCUT2D eigenvalue weighted by atomic mass is 35.5. The van der Waals surface area contributed by atoms with Crippen molar-refractivity contribution in [3.63, 3.8) is 0 Å². The summed E-state index contributed by atoms with van der Waals surface area (Å²) >= 11 is 7.47. The van der Waals surface area contributed by atoms with Gasteiger partial charge in [-0.3, -0.25) is 4.79 Å². The van der Waals surface area contributed by atoms with E-state index in [-0.39, 0.29) is 5.56 Å². The van der Waals surface area contributed by atoms with Crippen LogP contribution in [0.25, 0.3) is 22.0 Å². The van der Waals surface area contributed by atoms with Crippen molar-refractivity contribution in [2.75, 3.05) is 0 Å². The van der Waals surface area contributed by atoms with Gasteiger partial charge in [0.2, 0.25) is 0 Å². The maximum atomic E-state index is 12.8. The van der Waals surface area contributed by atoms with E-state index in [1.165, 1.54) is 11.8 Å². The van der Waals surface area contributed by atoms with E-state index in [1.807, 2.05) is 60.7 Å². The molecule has 0 saturated heterocycles. The Labute approximate surface area is 153 Å². The molecule has 0 aliphatic carbocycles. The number of halogens is 1. The molecule has 122 valence electrons. The van der Waals surface area contributed by atoms with Crippen molar-refractivity contribution >= 4 is 34.3 Å². The monoisotopic (exact) mass is 364 g/mol. The number of nitrogens with one attached hydrogen (secondary N) is 1. The van der Waals surface area contributed by atoms with Gasteiger partial charge in [0.15, 0.2) is 0 Å². The third-order valence-electron chi connectivity index (χ3n) is 3.84. The van der Waals surface area contributed by atoms with Crippen LogP contribution in [-0.2, 0) is 0 Å². The van der Waals surface area contributed by atoms with E-state index in [1.54, 1.807) is 12.3 Å². The number of rotatable bonds is 3. The van der Waals surface area contributed by atoms with E-state index in [4.69, 9.17) is 11.6 Å². The summed E-state index contributed by atoms with van der Waals surface area (Å²) in [6.07, 6.45) is 1.72. The number of H-pyrrole nitrogens is 1. The maximum Gasteiger partial charge on any atom is 0.263 e. The summed E-state index contributed by atoms with van der Waals surface area (Å²) in [4.78, 5) is 20.7. The highest BCUT2D eigenvalue weighted by molar-refractivity contribution is 7.99. The molecular formula is C20H13ClN2OS. The minimum Gasteiger partial charge on any atom is -0.321 e. The quantitative estimate of drug-likeness (QED) is 0.529. The first kappa shape index (κ1) is 15.9. The van der Waals surface area contributed by atoms with Gasteiger partial charge in [-0.1, -0.05) is 65.8 Å². The zero-order valence-corrected chi connectivity index (χ0v) is 14.6. The molecule has 5 heteroatoms. The van der Waals surface area contributed by atoms with Crippen molar-refractivity contribution < 1.29 is 0 Å². The molecule has 0 amide bonds. The molecular weight excluding hydrogens is 352 g/mol. The van der Waals surface area contributed by atoms with Crippen LogP contribution in [0.4, 0.5) is 0 Å². The van der Waals surface area contributed by atoms with Crippen LogP contribution in [0, 0.1) is 0 Å². The van der Waals surface area contributed by atoms with E-state index in [2.05, 4.69) is 9.97 Å². The van der Waals surface area contributed by atoms with Crippen LogP contribution < -0.4 is 5.56 Å². The molecule has 4 rings (SSSR count). The largest absolute Gasteiger partial charge is 0.321 e. The van der Waals surface area contributed by atoms with Gasteiger partial charge < -0.3 is 4.98 Å². The van der Waals surface area contributed by atoms with Crippen LogP contribution in [0.15, 0.2) is 87.6 Å². The second kappa shape index (κ2) is 6.75. The van der Waals surface area contributed by atoms with E-state index >= 15 is 0 Å². The SMILES string of the molecule is O=c1[nH]c2cc(Cl)ccc2c(-c2ccccc2)c1Sc1ccccn1. The summed E-state index contributed by atoms with van der Waals surface area (Å²) in [6.45, 7) is 0. The number of fused-ring (bicyclic) bond motifs is 1. The summed E-state index contributed by atoms with van der Waals surface area (Å²) in [7, 11) is 0. The fourth-order valence-electron chi connectivity index (χ4n) is 2.75. The Morgan fingerprint density at radius 2 is 1.76 bits per heavy atom. The molecule has 0 aliphatic rings. The molecule has 2 aromatic carbocycles. The zero-order valence-electron chi connectivity index (χ0n) is 13.1. The van der Waals surface area contributed by atoms with Gasteiger partial charge in [-0.15, -0.1) is 0 Å². The molecule has 1 N–H and O–H groups in total. The van der Waals surface area contributed by atoms with E-state index in [9.17, 15) is 4.79 Å². The number of hydrogen-bond acceptors (Lipinski definition) is 3. The molecule has 0 aliphatic heterocycles. The third kappa shape index (κ3) is 3.18. The van der Waals surface area contributed by atoms with E-state index in [0.717, 1.165) is 27.1 Å². The summed E-state index contributed by atoms with van der Waals surface area (Å²) in [5.41, 5.74) is 2.46. The number of benzene rings is 2. The Kier molecular flexibility index (Phi) is 4.30. The van der Waals surface area contributed by atoms with Crippen molar-refractivity contribution in [2.24, 2.45) is 0 Å². The predicted octanol–water partition coefficient (Wildman–Crippen LogP) is 5.39. The van der Waals surface area contributed by atoms with Crippen molar-refractivity contribution in [1.82, 2.24) is 9.97 Å². The lowest BCUT2D eigenvalue weighted by Gasteiger charge is -2.12. The summed E-state index contributed by atoms with van der Waals surface area (Å²) in [5.74, 6) is 0. The fraction of sp³-hybridized carbons (Fsp3) is 0. The average Bonchev–Trinajstić information content (AvgIpc) is 2.64. The zero-order chi connectivity index (χ0) is 17.2. The molecule has 3 nitrogen and oxygen atoms in total. The van der Waals surface area contributed by atoms with E-state index in [0.29, 0.717) is 9.92 Å². The average molecular weight is 365 g/mol. The minimum absolute atomic E-state index is 0.149. The summed E-state index contributed by atoms with van der Waals surface area (Å²) in [5, 5.41) is 2.32. The van der Waals surface area contributed by atoms with Crippen LogP contribution in [0.1, 0.15) is 0 Å². The van der Waals surface area contributed by atoms with E-state index < -0.39 is 0 Å². The number of pyridine rings is 2. The van der Waals surface area contributed by atoms with Crippen molar-refractivity contribution in [2.45, 2.75) is 9.92 Å². The fourth-order valence-corrected chi connectivity index (χ4v) is 3.87. The molecule has 0 saturated carbocycles. The highest BCUT2D eigenvalue weighted by Gasteiger charge is 2.16. The molecule has 0 unspecified atom stereocenters. The number of nitrogens with zero attached hydrogens (tertiary/aromatic N) is 1. The summed E-state index contributed by atoms with van der Waals surface area (Å²) < 4.78 is 0. The first-order valence-corrected chi connectivity index (χ1v) is 8.92. The van der Waals surface area contributed by atoms with Crippen LogP contribution in [-0.4, -0.2) is 9.97 Å². The normalized spacial score (nSPS) is 10.9. The second-order valence-corrected chi connectivity index (χ2v) is 6.95. The van der Waals surface area contributed by atoms with Crippen molar-refractivity contribution in [1.29, 1.82) is 0 Å². The third-order valence-corrected chi connectivity index (χ3v) is 5.12. The van der Waals surface area contributed by atoms with Gasteiger partial charge in [0, 0.05) is 22.2 Å². The first-order valence-electron chi connectivity index (χ1n) is 7.72. The van der Waals surface area contributed by atoms with Crippen LogP contribution in [0.3, 0.4) is 0 Å². The summed E-state index contributed by atoms with van der Waals surface area (Å²) in [6, 6.07) is 21.1. The minimum atomic E-state index is -0.149. The van der Waals surface area contributed by atoms with Gasteiger partial charge in [-0.05, 0) is 29.8 Å². The van der Waals surface area contributed by atoms with Gasteiger partial charge in [-0.25, -0.2) is 4.98 Å². The van der Waals surface area contributed by atoms with Crippen molar-refractivity contribution in [3.05, 3.63) is 88.3 Å². The maximum absolute atomic E-state index is 12.8. The Balaban J connectivity index is 2.02. The van der Waals surface area contributed by atoms with Gasteiger partial charge in [0.1, 0.15) is 5.03 Å². The molecule has 25 heavy (non-hydrogen) atoms. The predicted molar refractivity (Wildman–Crippen MR) is 103 cm³/mol. The molecule has 0 radical (unpaired) electrons. The number of aromatic nitrogens is 2. The smallest absolute Gasteiger partial charge is 0.263 e. The van der Waals surface area contributed by atoms with Crippen LogP contribution in [0.5, 0.6) is 0 Å². The van der Waals surface area contributed by atoms with Crippen LogP contribution in [0.2, 0.25) is 5.02 Å². The molecule has 4 aromatic rings. The van der Waals surface area contributed by atoms with Gasteiger partial charge in [-0.2, -0.15) is 0 Å². The standard InChI is InChI=1S/C20H13ClN2OS/c21-14-9-10-15-16(12-14)23-20(24)19(25-17-8-4-5-11-22-17)18(15)13-6-2-1-3-7-13/h1-12H,(H,23,24). The Morgan fingerprint density at radius 1 is 0.960 bits per heavy atom. The molecule has 0 spiro atoms. The van der Waals surface area contributed by atoms with Crippen molar-refractivity contribution in [3.8, 4) is 11.1 Å². The number of aromatic amines is 1. The molecule has 0 atom stereocenters. The molecule has 0 bridgehead atoms. The topological polar surface area (TPSA) is 45.8 Å². The lowest BCUT2D eigenvalue weighted by Crippen LogP contribution is -2.10. The van der Waals surface area contributed by atoms with Gasteiger partial charge in [0.05, 0.1) is 10.4 Å². The Morgan fingerprint density at radius 3 is 2.52 bits per heavy atom. The first-order chi connectivity index (χ1) is 12.2. The number of hydrogen-bond donors (Lipinski definition) is 1. The van der Waals surface area contributed by atoms with Gasteiger partial charge in [0.25, 0.3) is 5.56 Å². The Bertz CT molecular complexity index is 1100. The Hall–Kier alpha value is -2.56. The van der Waals surface area contributed by atoms with Gasteiger partial charge >= 0.3 is 0 Å². The second-order valence-electron chi connectivity index (χ2n) is 5.48. The molecule has 2 aromatic heterocycles. The lowest BCUT2D eigenvalue weighted by molar-refractivity contribution is 1.12. The highest BCUT2D eigenvalue weighted by Crippen LogP contribution is 2.37. The van der Waals surface area contributed by atoms with Crippen LogP contribution >= 0.6 is 23.4 Å². The lowest BCUT2D eigenvalue weighted by atomic mass is 10.0. The molecule has 2 heterocycles.